The highest BCUT2D eigenvalue weighted by Crippen LogP contribution is 2.37. The van der Waals surface area contributed by atoms with Gasteiger partial charge in [0.05, 0.1) is 21.9 Å². The van der Waals surface area contributed by atoms with Gasteiger partial charge in [0.15, 0.2) is 0 Å². The van der Waals surface area contributed by atoms with Crippen molar-refractivity contribution in [3.8, 4) is 0 Å². The second-order valence-electron chi connectivity index (χ2n) is 4.90. The minimum atomic E-state index is -4.93. The minimum absolute atomic E-state index is 0.181. The number of hydrogen-bond donors (Lipinski definition) is 1. The molecule has 2 aromatic rings. The number of nitro benzene ring substituents is 1. The molecule has 0 bridgehead atoms. The summed E-state index contributed by atoms with van der Waals surface area (Å²) in [6.45, 7) is 0. The Balaban J connectivity index is 2.15. The van der Waals surface area contributed by atoms with Crippen LogP contribution in [0.4, 0.5) is 33.3 Å². The molecule has 1 N–H and O–H groups in total. The van der Waals surface area contributed by atoms with Gasteiger partial charge in [0, 0.05) is 17.0 Å². The van der Waals surface area contributed by atoms with Crippen LogP contribution < -0.4 is 5.32 Å². The van der Waals surface area contributed by atoms with Crippen LogP contribution >= 0.6 is 11.8 Å². The molecule has 0 saturated carbocycles. The van der Waals surface area contributed by atoms with Crippen LogP contribution in [0.1, 0.15) is 5.56 Å². The molecule has 0 aliphatic heterocycles. The van der Waals surface area contributed by atoms with Gasteiger partial charge in [-0.25, -0.2) is 8.78 Å². The SMILES string of the molecule is O=C(CSc1cc(F)ccc1F)Nc1ccc([N+](=O)[O-])cc1C(F)(F)F. The first-order valence-electron chi connectivity index (χ1n) is 6.81. The van der Waals surface area contributed by atoms with E-state index in [9.17, 15) is 36.9 Å². The fourth-order valence-electron chi connectivity index (χ4n) is 1.91. The van der Waals surface area contributed by atoms with Crippen molar-refractivity contribution < 1.29 is 31.7 Å². The van der Waals surface area contributed by atoms with E-state index in [1.807, 2.05) is 5.32 Å². The summed E-state index contributed by atoms with van der Waals surface area (Å²) >= 11 is 0.593. The summed E-state index contributed by atoms with van der Waals surface area (Å²) in [4.78, 5) is 21.3. The summed E-state index contributed by atoms with van der Waals surface area (Å²) in [5.74, 6) is -2.92. The predicted molar refractivity (Wildman–Crippen MR) is 83.8 cm³/mol. The van der Waals surface area contributed by atoms with E-state index in [0.717, 1.165) is 30.3 Å². The first-order valence-corrected chi connectivity index (χ1v) is 7.80. The molecule has 2 aromatic carbocycles. The molecule has 0 unspecified atom stereocenters. The average molecular weight is 392 g/mol. The van der Waals surface area contributed by atoms with Gasteiger partial charge >= 0.3 is 6.18 Å². The number of anilines is 1. The van der Waals surface area contributed by atoms with Gasteiger partial charge in [0.1, 0.15) is 11.6 Å². The molecular weight excluding hydrogens is 383 g/mol. The topological polar surface area (TPSA) is 72.2 Å². The third kappa shape index (κ3) is 4.91. The van der Waals surface area contributed by atoms with E-state index in [0.29, 0.717) is 17.8 Å². The van der Waals surface area contributed by atoms with Gasteiger partial charge in [-0.05, 0) is 24.3 Å². The highest BCUT2D eigenvalue weighted by Gasteiger charge is 2.35. The van der Waals surface area contributed by atoms with E-state index >= 15 is 0 Å². The van der Waals surface area contributed by atoms with Gasteiger partial charge in [-0.1, -0.05) is 0 Å². The molecule has 0 spiro atoms. The van der Waals surface area contributed by atoms with Crippen molar-refractivity contribution in [2.75, 3.05) is 11.1 Å². The van der Waals surface area contributed by atoms with E-state index in [1.54, 1.807) is 0 Å². The van der Waals surface area contributed by atoms with E-state index in [4.69, 9.17) is 0 Å². The van der Waals surface area contributed by atoms with E-state index < -0.39 is 51.3 Å². The number of non-ortho nitro benzene ring substituents is 1. The van der Waals surface area contributed by atoms with Crippen molar-refractivity contribution in [2.45, 2.75) is 11.1 Å². The normalized spacial score (nSPS) is 11.3. The number of carbonyl (C=O) groups excluding carboxylic acids is 1. The lowest BCUT2D eigenvalue weighted by Gasteiger charge is -2.13. The lowest BCUT2D eigenvalue weighted by Crippen LogP contribution is -2.18. The average Bonchev–Trinajstić information content (AvgIpc) is 2.54. The summed E-state index contributed by atoms with van der Waals surface area (Å²) in [6.07, 6.45) is -4.93. The van der Waals surface area contributed by atoms with E-state index in [1.165, 1.54) is 0 Å². The van der Waals surface area contributed by atoms with Crippen LogP contribution in [0.3, 0.4) is 0 Å². The van der Waals surface area contributed by atoms with Gasteiger partial charge < -0.3 is 5.32 Å². The fraction of sp³-hybridized carbons (Fsp3) is 0.133. The van der Waals surface area contributed by atoms with Crippen molar-refractivity contribution in [3.05, 3.63) is 63.7 Å². The number of amides is 1. The number of alkyl halides is 3. The van der Waals surface area contributed by atoms with Crippen LogP contribution in [0, 0.1) is 21.7 Å². The number of thioether (sulfide) groups is 1. The number of rotatable bonds is 5. The van der Waals surface area contributed by atoms with Crippen molar-refractivity contribution in [1.29, 1.82) is 0 Å². The number of nitro groups is 1. The summed E-state index contributed by atoms with van der Waals surface area (Å²) < 4.78 is 65.6. The predicted octanol–water partition coefficient (Wildman–Crippen LogP) is 4.62. The molecule has 11 heteroatoms. The van der Waals surface area contributed by atoms with Crippen LogP contribution in [-0.4, -0.2) is 16.6 Å². The molecule has 1 amide bonds. The largest absolute Gasteiger partial charge is 0.418 e. The molecule has 5 nitrogen and oxygen atoms in total. The fourth-order valence-corrected chi connectivity index (χ4v) is 2.67. The van der Waals surface area contributed by atoms with Crippen LogP contribution in [0.5, 0.6) is 0 Å². The molecule has 0 aliphatic carbocycles. The van der Waals surface area contributed by atoms with Gasteiger partial charge in [0.25, 0.3) is 5.69 Å². The quantitative estimate of drug-likeness (QED) is 0.349. The summed E-state index contributed by atoms with van der Waals surface area (Å²) in [5.41, 5.74) is -2.85. The first kappa shape index (κ1) is 19.6. The smallest absolute Gasteiger partial charge is 0.325 e. The Morgan fingerprint density at radius 3 is 2.46 bits per heavy atom. The van der Waals surface area contributed by atoms with Crippen molar-refractivity contribution in [2.24, 2.45) is 0 Å². The highest BCUT2D eigenvalue weighted by atomic mass is 32.2. The van der Waals surface area contributed by atoms with Crippen molar-refractivity contribution in [3.63, 3.8) is 0 Å². The Labute approximate surface area is 147 Å². The van der Waals surface area contributed by atoms with Crippen molar-refractivity contribution in [1.82, 2.24) is 0 Å². The number of nitrogens with one attached hydrogen (secondary N) is 1. The standard InChI is InChI=1S/C15H9F5N2O3S/c16-8-1-3-11(17)13(5-8)26-7-14(23)21-12-4-2-9(22(24)25)6-10(12)15(18,19)20/h1-6H,7H2,(H,21,23). The minimum Gasteiger partial charge on any atom is -0.325 e. The Morgan fingerprint density at radius 2 is 1.85 bits per heavy atom. The Kier molecular flexibility index (Phi) is 5.80. The molecule has 2 rings (SSSR count). The number of carbonyl (C=O) groups is 1. The molecule has 138 valence electrons. The molecule has 0 aromatic heterocycles. The Bertz CT molecular complexity index is 858. The molecule has 0 atom stereocenters. The molecule has 0 saturated heterocycles. The second kappa shape index (κ2) is 7.68. The molecule has 0 aliphatic rings. The summed E-state index contributed by atoms with van der Waals surface area (Å²) in [6, 6.07) is 4.45. The molecule has 0 radical (unpaired) electrons. The molecule has 0 heterocycles. The second-order valence-corrected chi connectivity index (χ2v) is 5.91. The van der Waals surface area contributed by atoms with Gasteiger partial charge in [-0.15, -0.1) is 11.8 Å². The Hall–Kier alpha value is -2.69. The maximum atomic E-state index is 13.5. The maximum absolute atomic E-state index is 13.5. The van der Waals surface area contributed by atoms with Gasteiger partial charge in [0.2, 0.25) is 5.91 Å². The van der Waals surface area contributed by atoms with Crippen LogP contribution in [0.2, 0.25) is 0 Å². The van der Waals surface area contributed by atoms with Crippen LogP contribution in [-0.2, 0) is 11.0 Å². The number of benzene rings is 2. The van der Waals surface area contributed by atoms with E-state index in [2.05, 4.69) is 0 Å². The van der Waals surface area contributed by atoms with Gasteiger partial charge in [-0.2, -0.15) is 13.2 Å². The number of nitrogens with zero attached hydrogens (tertiary/aromatic N) is 1. The number of halogens is 5. The maximum Gasteiger partial charge on any atom is 0.418 e. The zero-order chi connectivity index (χ0) is 19.5. The lowest BCUT2D eigenvalue weighted by molar-refractivity contribution is -0.385. The highest BCUT2D eigenvalue weighted by molar-refractivity contribution is 8.00. The zero-order valence-corrected chi connectivity index (χ0v) is 13.5. The zero-order valence-electron chi connectivity index (χ0n) is 12.6. The van der Waals surface area contributed by atoms with Crippen LogP contribution in [0.15, 0.2) is 41.3 Å². The molecule has 0 fully saturated rings. The monoisotopic (exact) mass is 392 g/mol. The lowest BCUT2D eigenvalue weighted by atomic mass is 10.1. The first-order chi connectivity index (χ1) is 12.1. The Morgan fingerprint density at radius 1 is 1.15 bits per heavy atom. The van der Waals surface area contributed by atoms with E-state index in [-0.39, 0.29) is 4.90 Å². The third-order valence-electron chi connectivity index (χ3n) is 3.05. The van der Waals surface area contributed by atoms with Crippen molar-refractivity contribution >= 4 is 29.0 Å². The third-order valence-corrected chi connectivity index (χ3v) is 4.08. The number of hydrogen-bond acceptors (Lipinski definition) is 4. The summed E-state index contributed by atoms with van der Waals surface area (Å²) in [5, 5.41) is 12.6. The van der Waals surface area contributed by atoms with Crippen LogP contribution in [0.25, 0.3) is 0 Å². The van der Waals surface area contributed by atoms with Gasteiger partial charge in [-0.3, -0.25) is 14.9 Å². The molecule has 26 heavy (non-hydrogen) atoms. The molecular formula is C15H9F5N2O3S. The summed E-state index contributed by atoms with van der Waals surface area (Å²) in [7, 11) is 0.